The smallest absolute Gasteiger partial charge is 0.241 e. The second-order valence-corrected chi connectivity index (χ2v) is 6.96. The van der Waals surface area contributed by atoms with Gasteiger partial charge in [0.2, 0.25) is 11.8 Å². The lowest BCUT2D eigenvalue weighted by molar-refractivity contribution is -0.123. The van der Waals surface area contributed by atoms with Gasteiger partial charge in [-0.15, -0.1) is 0 Å². The third kappa shape index (κ3) is 4.92. The third-order valence-electron chi connectivity index (χ3n) is 5.06. The van der Waals surface area contributed by atoms with E-state index in [2.05, 4.69) is 10.6 Å². The summed E-state index contributed by atoms with van der Waals surface area (Å²) < 4.78 is 26.3. The van der Waals surface area contributed by atoms with Crippen molar-refractivity contribution in [1.29, 1.82) is 0 Å². The highest BCUT2D eigenvalue weighted by Gasteiger charge is 2.29. The van der Waals surface area contributed by atoms with Gasteiger partial charge in [-0.3, -0.25) is 14.5 Å². The number of nitrogens with zero attached hydrogens (tertiary/aromatic N) is 1. The van der Waals surface area contributed by atoms with Crippen molar-refractivity contribution >= 4 is 23.2 Å². The van der Waals surface area contributed by atoms with Crippen molar-refractivity contribution in [2.75, 3.05) is 23.7 Å². The number of para-hydroxylation sites is 1. The molecule has 2 aromatic rings. The maximum Gasteiger partial charge on any atom is 0.241 e. The number of hydrogen-bond donors (Lipinski definition) is 2. The molecule has 0 aliphatic carbocycles. The van der Waals surface area contributed by atoms with Gasteiger partial charge in [-0.05, 0) is 57.1 Å². The molecule has 2 amide bonds. The summed E-state index contributed by atoms with van der Waals surface area (Å²) in [6.45, 7) is 2.98. The van der Waals surface area contributed by atoms with Gasteiger partial charge < -0.3 is 10.6 Å². The summed E-state index contributed by atoms with van der Waals surface area (Å²) in [6.07, 6.45) is 1.31. The highest BCUT2D eigenvalue weighted by Crippen LogP contribution is 2.22. The van der Waals surface area contributed by atoms with E-state index in [1.165, 1.54) is 6.07 Å². The van der Waals surface area contributed by atoms with Gasteiger partial charge in [0.05, 0.1) is 6.04 Å². The molecule has 0 radical (unpaired) electrons. The maximum atomic E-state index is 13.3. The maximum absolute atomic E-state index is 13.3. The number of halogens is 2. The van der Waals surface area contributed by atoms with Crippen LogP contribution in [0.1, 0.15) is 19.8 Å². The average molecular weight is 387 g/mol. The van der Waals surface area contributed by atoms with Crippen molar-refractivity contribution in [3.8, 4) is 0 Å². The molecule has 1 heterocycles. The van der Waals surface area contributed by atoms with Gasteiger partial charge in [0.1, 0.15) is 0 Å². The first-order valence-electron chi connectivity index (χ1n) is 9.30. The van der Waals surface area contributed by atoms with Crippen molar-refractivity contribution < 1.29 is 18.4 Å². The van der Waals surface area contributed by atoms with Gasteiger partial charge in [0, 0.05) is 23.4 Å². The molecule has 148 valence electrons. The fourth-order valence-corrected chi connectivity index (χ4v) is 3.30. The molecule has 1 fully saturated rings. The zero-order valence-corrected chi connectivity index (χ0v) is 15.6. The fourth-order valence-electron chi connectivity index (χ4n) is 3.30. The van der Waals surface area contributed by atoms with Crippen molar-refractivity contribution in [2.45, 2.75) is 25.8 Å². The van der Waals surface area contributed by atoms with E-state index in [1.807, 2.05) is 35.2 Å². The lowest BCUT2D eigenvalue weighted by Crippen LogP contribution is -2.47. The van der Waals surface area contributed by atoms with Crippen molar-refractivity contribution in [1.82, 2.24) is 4.90 Å². The van der Waals surface area contributed by atoms with Gasteiger partial charge in [0.25, 0.3) is 0 Å². The number of nitrogens with one attached hydrogen (secondary N) is 2. The zero-order valence-electron chi connectivity index (χ0n) is 15.6. The topological polar surface area (TPSA) is 61.4 Å². The van der Waals surface area contributed by atoms with Crippen LogP contribution in [0.15, 0.2) is 48.5 Å². The quantitative estimate of drug-likeness (QED) is 0.823. The Labute approximate surface area is 162 Å². The number of anilines is 2. The van der Waals surface area contributed by atoms with Gasteiger partial charge in [-0.25, -0.2) is 8.78 Å². The van der Waals surface area contributed by atoms with Crippen LogP contribution in [0.2, 0.25) is 0 Å². The molecule has 0 aromatic heterocycles. The summed E-state index contributed by atoms with van der Waals surface area (Å²) in [5.74, 6) is -2.36. The number of rotatable bonds is 5. The Balaban J connectivity index is 1.50. The Morgan fingerprint density at radius 2 is 1.64 bits per heavy atom. The van der Waals surface area contributed by atoms with Crippen LogP contribution in [0, 0.1) is 17.6 Å². The predicted octanol–water partition coefficient (Wildman–Crippen LogP) is 3.64. The standard InChI is InChI=1S/C21H23F2N3O2/c1-14(20(27)25-17-7-8-18(22)19(23)13-17)26-11-9-15(10-12-26)21(28)24-16-5-3-2-4-6-16/h2-8,13-15H,9-12H2,1H3,(H,24,28)(H,25,27). The first-order chi connectivity index (χ1) is 13.4. The Morgan fingerprint density at radius 1 is 0.964 bits per heavy atom. The van der Waals surface area contributed by atoms with Crippen molar-refractivity contribution in [3.05, 3.63) is 60.2 Å². The summed E-state index contributed by atoms with van der Waals surface area (Å²) in [5.41, 5.74) is 0.988. The summed E-state index contributed by atoms with van der Waals surface area (Å²) in [5, 5.41) is 5.53. The molecule has 28 heavy (non-hydrogen) atoms. The van der Waals surface area contributed by atoms with E-state index in [9.17, 15) is 18.4 Å². The van der Waals surface area contributed by atoms with E-state index in [1.54, 1.807) is 6.92 Å². The first kappa shape index (κ1) is 19.9. The minimum Gasteiger partial charge on any atom is -0.326 e. The molecule has 1 aliphatic rings. The first-order valence-corrected chi connectivity index (χ1v) is 9.30. The highest BCUT2D eigenvalue weighted by atomic mass is 19.2. The molecule has 0 saturated carbocycles. The van der Waals surface area contributed by atoms with Crippen LogP contribution in [0.3, 0.4) is 0 Å². The largest absolute Gasteiger partial charge is 0.326 e. The molecule has 0 bridgehead atoms. The van der Waals surface area contributed by atoms with Crippen molar-refractivity contribution in [3.63, 3.8) is 0 Å². The molecular formula is C21H23F2N3O2. The minimum atomic E-state index is -1.00. The summed E-state index contributed by atoms with van der Waals surface area (Å²) in [6, 6.07) is 12.1. The van der Waals surface area contributed by atoms with E-state index >= 15 is 0 Å². The Hall–Kier alpha value is -2.80. The molecule has 2 aromatic carbocycles. The molecule has 1 saturated heterocycles. The highest BCUT2D eigenvalue weighted by molar-refractivity contribution is 5.95. The molecule has 5 nitrogen and oxygen atoms in total. The summed E-state index contributed by atoms with van der Waals surface area (Å²) in [4.78, 5) is 26.8. The second kappa shape index (κ2) is 8.93. The average Bonchev–Trinajstić information content (AvgIpc) is 2.71. The second-order valence-electron chi connectivity index (χ2n) is 6.96. The monoisotopic (exact) mass is 387 g/mol. The van der Waals surface area contributed by atoms with Crippen LogP contribution in [-0.4, -0.2) is 35.8 Å². The number of carbonyl (C=O) groups is 2. The van der Waals surface area contributed by atoms with E-state index in [-0.39, 0.29) is 23.4 Å². The molecule has 7 heteroatoms. The Kier molecular flexibility index (Phi) is 6.36. The van der Waals surface area contributed by atoms with Crippen LogP contribution in [-0.2, 0) is 9.59 Å². The van der Waals surface area contributed by atoms with Crippen LogP contribution < -0.4 is 10.6 Å². The number of benzene rings is 2. The summed E-state index contributed by atoms with van der Waals surface area (Å²) in [7, 11) is 0. The molecule has 1 unspecified atom stereocenters. The Bertz CT molecular complexity index is 837. The zero-order chi connectivity index (χ0) is 20.1. The number of carbonyl (C=O) groups excluding carboxylic acids is 2. The number of likely N-dealkylation sites (tertiary alicyclic amines) is 1. The SMILES string of the molecule is CC(C(=O)Nc1ccc(F)c(F)c1)N1CCC(C(=O)Nc2ccccc2)CC1. The van der Waals surface area contributed by atoms with Crippen molar-refractivity contribution in [2.24, 2.45) is 5.92 Å². The number of amides is 2. The molecule has 1 atom stereocenters. The lowest BCUT2D eigenvalue weighted by Gasteiger charge is -2.34. The predicted molar refractivity (Wildman–Crippen MR) is 104 cm³/mol. The lowest BCUT2D eigenvalue weighted by atomic mass is 9.94. The van der Waals surface area contributed by atoms with Crippen LogP contribution in [0.25, 0.3) is 0 Å². The van der Waals surface area contributed by atoms with Gasteiger partial charge in [-0.1, -0.05) is 18.2 Å². The normalized spacial score (nSPS) is 16.4. The molecule has 3 rings (SSSR count). The minimum absolute atomic E-state index is 0.00950. The van der Waals surface area contributed by atoms with E-state index in [0.717, 1.165) is 17.8 Å². The Morgan fingerprint density at radius 3 is 2.29 bits per heavy atom. The van der Waals surface area contributed by atoms with Crippen LogP contribution in [0.4, 0.5) is 20.2 Å². The summed E-state index contributed by atoms with van der Waals surface area (Å²) >= 11 is 0. The fraction of sp³-hybridized carbons (Fsp3) is 0.333. The van der Waals surface area contributed by atoms with Crippen LogP contribution >= 0.6 is 0 Å². The van der Waals surface area contributed by atoms with Gasteiger partial charge >= 0.3 is 0 Å². The van der Waals surface area contributed by atoms with Gasteiger partial charge in [0.15, 0.2) is 11.6 Å². The molecule has 2 N–H and O–H groups in total. The molecular weight excluding hydrogens is 364 g/mol. The van der Waals surface area contributed by atoms with E-state index < -0.39 is 17.7 Å². The molecule has 0 spiro atoms. The van der Waals surface area contributed by atoms with Gasteiger partial charge in [-0.2, -0.15) is 0 Å². The van der Waals surface area contributed by atoms with E-state index in [0.29, 0.717) is 25.9 Å². The molecule has 1 aliphatic heterocycles. The third-order valence-corrected chi connectivity index (χ3v) is 5.06. The van der Waals surface area contributed by atoms with E-state index in [4.69, 9.17) is 0 Å². The number of piperidine rings is 1. The number of hydrogen-bond acceptors (Lipinski definition) is 3. The van der Waals surface area contributed by atoms with Crippen LogP contribution in [0.5, 0.6) is 0 Å².